The van der Waals surface area contributed by atoms with Gasteiger partial charge in [-0.3, -0.25) is 4.90 Å². The minimum Gasteiger partial charge on any atom is -0.424 e. The lowest BCUT2D eigenvalue weighted by atomic mass is 10.2. The summed E-state index contributed by atoms with van der Waals surface area (Å²) in [7, 11) is 1.82. The summed E-state index contributed by atoms with van der Waals surface area (Å²) < 4.78 is 13.1. The van der Waals surface area contributed by atoms with Crippen LogP contribution in [0.15, 0.2) is 4.42 Å². The predicted octanol–water partition coefficient (Wildman–Crippen LogP) is 0.0440. The fraction of sp³-hybridized carbons (Fsp3) is 0.750. The standard InChI is InChI=1S/C12H17N7O2/c1-18-11(14-16-17-18)9-6-19(4-5-20-9)7-10-13-15-12(21-10)8-2-3-8/h8-9H,2-7H2,1H3. The van der Waals surface area contributed by atoms with Crippen LogP contribution in [0, 0.1) is 0 Å². The van der Waals surface area contributed by atoms with E-state index in [0.29, 0.717) is 25.0 Å². The van der Waals surface area contributed by atoms with Crippen molar-refractivity contribution in [2.24, 2.45) is 7.05 Å². The fourth-order valence-corrected chi connectivity index (χ4v) is 2.53. The monoisotopic (exact) mass is 291 g/mol. The summed E-state index contributed by atoms with van der Waals surface area (Å²) in [4.78, 5) is 2.23. The van der Waals surface area contributed by atoms with Crippen LogP contribution in [0.1, 0.15) is 42.5 Å². The minimum absolute atomic E-state index is 0.121. The van der Waals surface area contributed by atoms with E-state index in [4.69, 9.17) is 9.15 Å². The molecular weight excluding hydrogens is 274 g/mol. The lowest BCUT2D eigenvalue weighted by molar-refractivity contribution is -0.0411. The third kappa shape index (κ3) is 2.66. The van der Waals surface area contributed by atoms with E-state index in [1.54, 1.807) is 4.68 Å². The Hall–Kier alpha value is -1.87. The van der Waals surface area contributed by atoms with E-state index >= 15 is 0 Å². The predicted molar refractivity (Wildman–Crippen MR) is 69.0 cm³/mol. The van der Waals surface area contributed by atoms with Crippen LogP contribution in [0.25, 0.3) is 0 Å². The molecular formula is C12H17N7O2. The minimum atomic E-state index is -0.121. The summed E-state index contributed by atoms with van der Waals surface area (Å²) in [6.45, 7) is 2.84. The second kappa shape index (κ2) is 5.15. The summed E-state index contributed by atoms with van der Waals surface area (Å²) in [6.07, 6.45) is 2.21. The number of aromatic nitrogens is 6. The molecule has 3 heterocycles. The maximum absolute atomic E-state index is 5.75. The van der Waals surface area contributed by atoms with Gasteiger partial charge in [-0.2, -0.15) is 0 Å². The number of nitrogens with zero attached hydrogens (tertiary/aromatic N) is 7. The smallest absolute Gasteiger partial charge is 0.230 e. The lowest BCUT2D eigenvalue weighted by Crippen LogP contribution is -2.38. The summed E-state index contributed by atoms with van der Waals surface area (Å²) in [6, 6.07) is 0. The molecule has 9 heteroatoms. The third-order valence-corrected chi connectivity index (χ3v) is 3.86. The molecule has 1 unspecified atom stereocenters. The molecule has 0 spiro atoms. The van der Waals surface area contributed by atoms with Crippen molar-refractivity contribution in [3.63, 3.8) is 0 Å². The average Bonchev–Trinajstić information content (AvgIpc) is 3.09. The summed E-state index contributed by atoms with van der Waals surface area (Å²) in [5.74, 6) is 2.69. The van der Waals surface area contributed by atoms with Gasteiger partial charge < -0.3 is 9.15 Å². The second-order valence-electron chi connectivity index (χ2n) is 5.56. The molecule has 2 aliphatic rings. The third-order valence-electron chi connectivity index (χ3n) is 3.86. The highest BCUT2D eigenvalue weighted by atomic mass is 16.5. The van der Waals surface area contributed by atoms with Gasteiger partial charge in [-0.1, -0.05) is 0 Å². The van der Waals surface area contributed by atoms with Crippen LogP contribution < -0.4 is 0 Å². The van der Waals surface area contributed by atoms with Crippen LogP contribution in [-0.2, 0) is 18.3 Å². The molecule has 2 fully saturated rings. The van der Waals surface area contributed by atoms with Gasteiger partial charge in [-0.05, 0) is 23.3 Å². The van der Waals surface area contributed by atoms with Crippen molar-refractivity contribution >= 4 is 0 Å². The van der Waals surface area contributed by atoms with Crippen LogP contribution in [0.2, 0.25) is 0 Å². The van der Waals surface area contributed by atoms with Crippen molar-refractivity contribution in [3.05, 3.63) is 17.6 Å². The molecule has 4 rings (SSSR count). The molecule has 0 amide bonds. The first kappa shape index (κ1) is 12.8. The van der Waals surface area contributed by atoms with Crippen molar-refractivity contribution in [2.45, 2.75) is 31.4 Å². The highest BCUT2D eigenvalue weighted by Crippen LogP contribution is 2.39. The van der Waals surface area contributed by atoms with Crippen molar-refractivity contribution < 1.29 is 9.15 Å². The number of hydrogen-bond donors (Lipinski definition) is 0. The zero-order valence-electron chi connectivity index (χ0n) is 11.8. The second-order valence-corrected chi connectivity index (χ2v) is 5.56. The molecule has 21 heavy (non-hydrogen) atoms. The molecule has 0 N–H and O–H groups in total. The van der Waals surface area contributed by atoms with Gasteiger partial charge in [0.2, 0.25) is 11.8 Å². The molecule has 0 bridgehead atoms. The maximum atomic E-state index is 5.75. The molecule has 1 atom stereocenters. The highest BCUT2D eigenvalue weighted by molar-refractivity contribution is 5.00. The summed E-state index contributed by atoms with van der Waals surface area (Å²) >= 11 is 0. The van der Waals surface area contributed by atoms with Crippen LogP contribution in [0.4, 0.5) is 0 Å². The molecule has 9 nitrogen and oxygen atoms in total. The first-order chi connectivity index (χ1) is 10.3. The lowest BCUT2D eigenvalue weighted by Gasteiger charge is -2.30. The summed E-state index contributed by atoms with van der Waals surface area (Å²) in [5, 5.41) is 19.8. The van der Waals surface area contributed by atoms with Gasteiger partial charge in [0, 0.05) is 26.1 Å². The number of aryl methyl sites for hydroxylation is 1. The zero-order chi connectivity index (χ0) is 14.2. The van der Waals surface area contributed by atoms with Crippen molar-refractivity contribution in [1.82, 2.24) is 35.3 Å². The molecule has 1 saturated carbocycles. The number of rotatable bonds is 4. The van der Waals surface area contributed by atoms with E-state index in [1.165, 1.54) is 12.8 Å². The average molecular weight is 291 g/mol. The van der Waals surface area contributed by atoms with Gasteiger partial charge in [0.15, 0.2) is 5.82 Å². The first-order valence-corrected chi connectivity index (χ1v) is 7.18. The molecule has 1 aliphatic heterocycles. The van der Waals surface area contributed by atoms with Gasteiger partial charge in [0.1, 0.15) is 6.10 Å². The molecule has 0 aromatic carbocycles. The van der Waals surface area contributed by atoms with Crippen LogP contribution in [0.3, 0.4) is 0 Å². The molecule has 1 saturated heterocycles. The Morgan fingerprint density at radius 1 is 1.24 bits per heavy atom. The zero-order valence-corrected chi connectivity index (χ0v) is 11.8. The number of morpholine rings is 1. The van der Waals surface area contributed by atoms with Crippen molar-refractivity contribution in [1.29, 1.82) is 0 Å². The summed E-state index contributed by atoms with van der Waals surface area (Å²) in [5.41, 5.74) is 0. The molecule has 1 aliphatic carbocycles. The van der Waals surface area contributed by atoms with Crippen LogP contribution in [0.5, 0.6) is 0 Å². The maximum Gasteiger partial charge on any atom is 0.230 e. The van der Waals surface area contributed by atoms with E-state index in [-0.39, 0.29) is 6.10 Å². The van der Waals surface area contributed by atoms with Gasteiger partial charge in [0.05, 0.1) is 13.2 Å². The van der Waals surface area contributed by atoms with Crippen LogP contribution in [-0.4, -0.2) is 55.0 Å². The van der Waals surface area contributed by atoms with Gasteiger partial charge in [-0.15, -0.1) is 15.3 Å². The molecule has 2 aromatic heterocycles. The van der Waals surface area contributed by atoms with Crippen molar-refractivity contribution in [2.75, 3.05) is 19.7 Å². The van der Waals surface area contributed by atoms with Crippen molar-refractivity contribution in [3.8, 4) is 0 Å². The Kier molecular flexibility index (Phi) is 3.15. The highest BCUT2D eigenvalue weighted by Gasteiger charge is 2.30. The molecule has 0 radical (unpaired) electrons. The van der Waals surface area contributed by atoms with Gasteiger partial charge in [-0.25, -0.2) is 4.68 Å². The Morgan fingerprint density at radius 2 is 2.14 bits per heavy atom. The van der Waals surface area contributed by atoms with Crippen LogP contribution >= 0.6 is 0 Å². The largest absolute Gasteiger partial charge is 0.424 e. The Morgan fingerprint density at radius 3 is 2.90 bits per heavy atom. The van der Waals surface area contributed by atoms with Gasteiger partial charge in [0.25, 0.3) is 0 Å². The Bertz CT molecular complexity index is 621. The van der Waals surface area contributed by atoms with Gasteiger partial charge >= 0.3 is 0 Å². The van der Waals surface area contributed by atoms with E-state index in [9.17, 15) is 0 Å². The Labute approximate surface area is 121 Å². The Balaban J connectivity index is 1.41. The number of tetrazole rings is 1. The van der Waals surface area contributed by atoms with E-state index < -0.39 is 0 Å². The quantitative estimate of drug-likeness (QED) is 0.779. The van der Waals surface area contributed by atoms with E-state index in [0.717, 1.165) is 24.8 Å². The normalized spacial score (nSPS) is 23.6. The SMILES string of the molecule is Cn1nnnc1C1CN(Cc2nnc(C3CC3)o2)CCO1. The van der Waals surface area contributed by atoms with E-state index in [2.05, 4.69) is 30.6 Å². The molecule has 112 valence electrons. The fourth-order valence-electron chi connectivity index (χ4n) is 2.53. The topological polar surface area (TPSA) is 95.0 Å². The number of ether oxygens (including phenoxy) is 1. The molecule has 2 aromatic rings. The van der Waals surface area contributed by atoms with E-state index in [1.807, 2.05) is 7.05 Å². The number of hydrogen-bond acceptors (Lipinski definition) is 8. The first-order valence-electron chi connectivity index (χ1n) is 7.18.